The van der Waals surface area contributed by atoms with Crippen molar-refractivity contribution in [2.75, 3.05) is 26.2 Å². The molecule has 1 aromatic carbocycles. The summed E-state index contributed by atoms with van der Waals surface area (Å²) in [6.45, 7) is 5.16. The second-order valence-corrected chi connectivity index (χ2v) is 7.06. The predicted octanol–water partition coefficient (Wildman–Crippen LogP) is 2.15. The molecule has 2 fully saturated rings. The van der Waals surface area contributed by atoms with E-state index in [1.54, 1.807) is 0 Å². The second-order valence-electron chi connectivity index (χ2n) is 7.06. The molecule has 1 aromatic heterocycles. The van der Waals surface area contributed by atoms with Gasteiger partial charge in [0.25, 0.3) is 5.91 Å². The van der Waals surface area contributed by atoms with Crippen molar-refractivity contribution in [3.05, 3.63) is 35.5 Å². The number of carbonyl (C=O) groups excluding carboxylic acids is 1. The summed E-state index contributed by atoms with van der Waals surface area (Å²) < 4.78 is 0. The van der Waals surface area contributed by atoms with Crippen LogP contribution in [0.2, 0.25) is 0 Å². The van der Waals surface area contributed by atoms with Gasteiger partial charge in [0.1, 0.15) is 0 Å². The van der Waals surface area contributed by atoms with Crippen LogP contribution >= 0.6 is 0 Å². The molecule has 1 amide bonds. The molecule has 2 aliphatic rings. The van der Waals surface area contributed by atoms with Crippen molar-refractivity contribution in [2.24, 2.45) is 0 Å². The summed E-state index contributed by atoms with van der Waals surface area (Å²) in [5.74, 6) is 0.122. The number of amides is 1. The molecule has 128 valence electrons. The monoisotopic (exact) mass is 327 g/mol. The van der Waals surface area contributed by atoms with Crippen LogP contribution in [0.4, 0.5) is 0 Å². The smallest absolute Gasteiger partial charge is 0.256 e. The average molecular weight is 327 g/mol. The average Bonchev–Trinajstić information content (AvgIpc) is 3.16. The Morgan fingerprint density at radius 2 is 1.92 bits per heavy atom. The van der Waals surface area contributed by atoms with Crippen molar-refractivity contribution in [3.8, 4) is 0 Å². The number of aromatic amines is 1. The number of hydrogen-bond acceptors (Lipinski definition) is 3. The lowest BCUT2D eigenvalue weighted by Crippen LogP contribution is -2.53. The van der Waals surface area contributed by atoms with E-state index < -0.39 is 0 Å². The molecule has 0 bridgehead atoms. The lowest BCUT2D eigenvalue weighted by atomic mass is 10.1. The normalized spacial score (nSPS) is 25.5. The molecule has 0 radical (unpaired) electrons. The standard InChI is InChI=1S/C19H25N3O2/c1-13-18(14-5-2-3-6-15(14)20-13)19(24)22-11-9-21(10-12-22)16-7-4-8-17(16)23/h2-3,5-6,16-17,20,23H,4,7-12H2,1H3. The van der Waals surface area contributed by atoms with Gasteiger partial charge in [0.2, 0.25) is 0 Å². The van der Waals surface area contributed by atoms with Crippen LogP contribution in [0.25, 0.3) is 10.9 Å². The largest absolute Gasteiger partial charge is 0.391 e. The minimum atomic E-state index is -0.192. The molecule has 1 aliphatic carbocycles. The summed E-state index contributed by atoms with van der Waals surface area (Å²) in [6, 6.07) is 8.27. The summed E-state index contributed by atoms with van der Waals surface area (Å²) >= 11 is 0. The van der Waals surface area contributed by atoms with Gasteiger partial charge in [-0.25, -0.2) is 0 Å². The number of aliphatic hydroxyl groups is 1. The fourth-order valence-corrected chi connectivity index (χ4v) is 4.31. The molecular formula is C19H25N3O2. The highest BCUT2D eigenvalue weighted by molar-refractivity contribution is 6.08. The Balaban J connectivity index is 1.49. The van der Waals surface area contributed by atoms with Crippen LogP contribution < -0.4 is 0 Å². The summed E-state index contributed by atoms with van der Waals surface area (Å²) in [7, 11) is 0. The molecule has 5 heteroatoms. The van der Waals surface area contributed by atoms with E-state index in [0.29, 0.717) is 0 Å². The molecule has 1 aliphatic heterocycles. The van der Waals surface area contributed by atoms with E-state index in [2.05, 4.69) is 9.88 Å². The van der Waals surface area contributed by atoms with Crippen molar-refractivity contribution in [2.45, 2.75) is 38.3 Å². The Labute approximate surface area is 142 Å². The first-order chi connectivity index (χ1) is 11.6. The van der Waals surface area contributed by atoms with Crippen molar-refractivity contribution < 1.29 is 9.90 Å². The van der Waals surface area contributed by atoms with Gasteiger partial charge >= 0.3 is 0 Å². The zero-order valence-electron chi connectivity index (χ0n) is 14.2. The number of carbonyl (C=O) groups is 1. The Morgan fingerprint density at radius 3 is 2.62 bits per heavy atom. The van der Waals surface area contributed by atoms with Gasteiger partial charge in [0, 0.05) is 48.8 Å². The van der Waals surface area contributed by atoms with Gasteiger partial charge in [0.05, 0.1) is 11.7 Å². The van der Waals surface area contributed by atoms with Crippen LogP contribution in [0.15, 0.2) is 24.3 Å². The van der Waals surface area contributed by atoms with Crippen LogP contribution in [0.5, 0.6) is 0 Å². The molecule has 4 rings (SSSR count). The first-order valence-corrected chi connectivity index (χ1v) is 8.94. The minimum absolute atomic E-state index is 0.122. The van der Waals surface area contributed by atoms with E-state index in [1.807, 2.05) is 36.1 Å². The Hall–Kier alpha value is -1.85. The summed E-state index contributed by atoms with van der Waals surface area (Å²) in [5.41, 5.74) is 2.76. The van der Waals surface area contributed by atoms with Crippen LogP contribution in [0, 0.1) is 6.92 Å². The quantitative estimate of drug-likeness (QED) is 0.888. The van der Waals surface area contributed by atoms with Gasteiger partial charge in [-0.1, -0.05) is 18.2 Å². The lowest BCUT2D eigenvalue weighted by Gasteiger charge is -2.39. The summed E-state index contributed by atoms with van der Waals surface area (Å²) in [4.78, 5) is 20.7. The molecule has 2 N–H and O–H groups in total. The fraction of sp³-hybridized carbons (Fsp3) is 0.526. The van der Waals surface area contributed by atoms with Crippen molar-refractivity contribution in [3.63, 3.8) is 0 Å². The number of benzene rings is 1. The number of hydrogen-bond donors (Lipinski definition) is 2. The first kappa shape index (κ1) is 15.7. The molecule has 24 heavy (non-hydrogen) atoms. The number of H-pyrrole nitrogens is 1. The topological polar surface area (TPSA) is 59.6 Å². The highest BCUT2D eigenvalue weighted by Gasteiger charge is 2.34. The Bertz CT molecular complexity index is 746. The van der Waals surface area contributed by atoms with E-state index >= 15 is 0 Å². The third-order valence-corrected chi connectivity index (χ3v) is 5.62. The summed E-state index contributed by atoms with van der Waals surface area (Å²) in [6.07, 6.45) is 2.91. The molecule has 2 aromatic rings. The number of aromatic nitrogens is 1. The maximum absolute atomic E-state index is 13.0. The molecule has 1 saturated heterocycles. The van der Waals surface area contributed by atoms with Crippen molar-refractivity contribution >= 4 is 16.8 Å². The third kappa shape index (κ3) is 2.62. The van der Waals surface area contributed by atoms with E-state index in [9.17, 15) is 9.90 Å². The lowest BCUT2D eigenvalue weighted by molar-refractivity contribution is 0.0316. The molecule has 0 spiro atoms. The maximum Gasteiger partial charge on any atom is 0.256 e. The highest BCUT2D eigenvalue weighted by Crippen LogP contribution is 2.27. The van der Waals surface area contributed by atoms with Crippen LogP contribution in [0.1, 0.15) is 35.3 Å². The Kier molecular flexibility index (Phi) is 4.06. The van der Waals surface area contributed by atoms with Crippen molar-refractivity contribution in [1.82, 2.24) is 14.8 Å². The first-order valence-electron chi connectivity index (χ1n) is 8.94. The van der Waals surface area contributed by atoms with Gasteiger partial charge < -0.3 is 15.0 Å². The third-order valence-electron chi connectivity index (χ3n) is 5.62. The van der Waals surface area contributed by atoms with Gasteiger partial charge in [-0.15, -0.1) is 0 Å². The van der Waals surface area contributed by atoms with E-state index in [4.69, 9.17) is 0 Å². The molecule has 2 atom stereocenters. The number of para-hydroxylation sites is 1. The van der Waals surface area contributed by atoms with Crippen LogP contribution in [-0.2, 0) is 0 Å². The molecule has 2 heterocycles. The molecule has 1 saturated carbocycles. The zero-order valence-corrected chi connectivity index (χ0v) is 14.2. The SMILES string of the molecule is Cc1[nH]c2ccccc2c1C(=O)N1CCN(C2CCCC2O)CC1. The number of fused-ring (bicyclic) bond motifs is 1. The number of aryl methyl sites for hydroxylation is 1. The zero-order chi connectivity index (χ0) is 16.7. The van der Waals surface area contributed by atoms with E-state index in [1.165, 1.54) is 0 Å². The summed E-state index contributed by atoms with van der Waals surface area (Å²) in [5, 5.41) is 11.1. The maximum atomic E-state index is 13.0. The number of piperazine rings is 1. The number of nitrogens with one attached hydrogen (secondary N) is 1. The highest BCUT2D eigenvalue weighted by atomic mass is 16.3. The molecule has 2 unspecified atom stereocenters. The predicted molar refractivity (Wildman–Crippen MR) is 94.2 cm³/mol. The number of aliphatic hydroxyl groups excluding tert-OH is 1. The Morgan fingerprint density at radius 1 is 1.17 bits per heavy atom. The van der Waals surface area contributed by atoms with E-state index in [-0.39, 0.29) is 18.1 Å². The van der Waals surface area contributed by atoms with Gasteiger partial charge in [-0.2, -0.15) is 0 Å². The second kappa shape index (κ2) is 6.22. The molecular weight excluding hydrogens is 302 g/mol. The minimum Gasteiger partial charge on any atom is -0.391 e. The van der Waals surface area contributed by atoms with Gasteiger partial charge in [-0.3, -0.25) is 9.69 Å². The van der Waals surface area contributed by atoms with E-state index in [0.717, 1.165) is 67.6 Å². The fourth-order valence-electron chi connectivity index (χ4n) is 4.31. The van der Waals surface area contributed by atoms with Crippen LogP contribution in [0.3, 0.4) is 0 Å². The van der Waals surface area contributed by atoms with Crippen LogP contribution in [-0.4, -0.2) is 64.1 Å². The van der Waals surface area contributed by atoms with Gasteiger partial charge in [-0.05, 0) is 32.3 Å². The van der Waals surface area contributed by atoms with Crippen molar-refractivity contribution in [1.29, 1.82) is 0 Å². The molecule has 5 nitrogen and oxygen atoms in total. The number of nitrogens with zero attached hydrogens (tertiary/aromatic N) is 2. The number of rotatable bonds is 2. The van der Waals surface area contributed by atoms with Gasteiger partial charge in [0.15, 0.2) is 0 Å².